The lowest BCUT2D eigenvalue weighted by Crippen LogP contribution is -2.22. The molecule has 1 aliphatic rings. The molecule has 1 fully saturated rings. The maximum Gasteiger partial charge on any atom is 0.193 e. The summed E-state index contributed by atoms with van der Waals surface area (Å²) in [6.45, 7) is 1.81. The molecule has 1 saturated carbocycles. The fraction of sp³-hybridized carbons (Fsp3) is 0.286. The van der Waals surface area contributed by atoms with Crippen LogP contribution >= 0.6 is 0 Å². The first-order chi connectivity index (χ1) is 15.2. The van der Waals surface area contributed by atoms with E-state index in [1.165, 1.54) is 18.4 Å². The first-order valence-electron chi connectivity index (χ1n) is 11.0. The van der Waals surface area contributed by atoms with Crippen LogP contribution in [0.5, 0.6) is 0 Å². The van der Waals surface area contributed by atoms with Gasteiger partial charge in [-0.15, -0.1) is 0 Å². The minimum Gasteiger partial charge on any atom is -0.392 e. The molecule has 3 aromatic carbocycles. The Morgan fingerprint density at radius 1 is 0.806 bits per heavy atom. The highest BCUT2D eigenvalue weighted by Gasteiger charge is 2.23. The first-order valence-corrected chi connectivity index (χ1v) is 11.0. The van der Waals surface area contributed by atoms with Crippen molar-refractivity contribution >= 4 is 12.1 Å². The number of hydrogen-bond acceptors (Lipinski definition) is 3. The van der Waals surface area contributed by atoms with Crippen LogP contribution in [0.15, 0.2) is 91.0 Å². The van der Waals surface area contributed by atoms with Crippen LogP contribution in [0.4, 0.5) is 0 Å². The SMILES string of the molecule is CCC=O.O=C(c1ccccc1)c1ccccc1.OC1CCCCC1c1ccccc1. The molecule has 2 unspecified atom stereocenters. The van der Waals surface area contributed by atoms with E-state index >= 15 is 0 Å². The van der Waals surface area contributed by atoms with Gasteiger partial charge in [0.25, 0.3) is 0 Å². The summed E-state index contributed by atoms with van der Waals surface area (Å²) in [5.74, 6) is 0.459. The van der Waals surface area contributed by atoms with Gasteiger partial charge in [-0.3, -0.25) is 4.79 Å². The van der Waals surface area contributed by atoms with Crippen LogP contribution in [0.2, 0.25) is 0 Å². The second kappa shape index (κ2) is 14.1. The van der Waals surface area contributed by atoms with Gasteiger partial charge in [-0.25, -0.2) is 0 Å². The second-order valence-corrected chi connectivity index (χ2v) is 7.51. The van der Waals surface area contributed by atoms with Gasteiger partial charge in [-0.2, -0.15) is 0 Å². The van der Waals surface area contributed by atoms with Crippen molar-refractivity contribution in [3.05, 3.63) is 108 Å². The van der Waals surface area contributed by atoms with Crippen molar-refractivity contribution in [1.82, 2.24) is 0 Å². The van der Waals surface area contributed by atoms with E-state index in [2.05, 4.69) is 24.3 Å². The maximum absolute atomic E-state index is 11.8. The average molecular weight is 417 g/mol. The Morgan fingerprint density at radius 2 is 1.23 bits per heavy atom. The number of aldehydes is 1. The summed E-state index contributed by atoms with van der Waals surface area (Å²) in [6.07, 6.45) is 5.96. The molecule has 3 heteroatoms. The second-order valence-electron chi connectivity index (χ2n) is 7.51. The molecule has 3 aromatic rings. The van der Waals surface area contributed by atoms with Crippen LogP contribution in [-0.2, 0) is 4.79 Å². The number of benzene rings is 3. The van der Waals surface area contributed by atoms with E-state index in [1.807, 2.05) is 73.7 Å². The van der Waals surface area contributed by atoms with Crippen molar-refractivity contribution in [2.24, 2.45) is 0 Å². The lowest BCUT2D eigenvalue weighted by atomic mass is 9.82. The topological polar surface area (TPSA) is 54.4 Å². The van der Waals surface area contributed by atoms with Gasteiger partial charge in [0.15, 0.2) is 5.78 Å². The summed E-state index contributed by atoms with van der Waals surface area (Å²) in [6, 6.07) is 29.0. The molecule has 0 heterocycles. The minimum atomic E-state index is -0.115. The number of ketones is 1. The molecule has 1 aliphatic carbocycles. The minimum absolute atomic E-state index is 0.0752. The monoisotopic (exact) mass is 416 g/mol. The number of carbonyl (C=O) groups is 2. The van der Waals surface area contributed by atoms with Crippen molar-refractivity contribution in [3.63, 3.8) is 0 Å². The van der Waals surface area contributed by atoms with Gasteiger partial charge >= 0.3 is 0 Å². The van der Waals surface area contributed by atoms with Gasteiger partial charge in [-0.1, -0.05) is 111 Å². The standard InChI is InChI=1S/C13H10O.C12H16O.C3H6O/c14-13(11-7-3-1-4-8-11)12-9-5-2-6-10-12;13-12-9-5-4-8-11(12)10-6-2-1-3-7-10;1-2-3-4/h1-10H;1-3,6-7,11-13H,4-5,8-9H2;3H,2H2,1H3. The highest BCUT2D eigenvalue weighted by Crippen LogP contribution is 2.32. The molecule has 1 N–H and O–H groups in total. The third-order valence-corrected chi connectivity index (χ3v) is 5.20. The predicted octanol–water partition coefficient (Wildman–Crippen LogP) is 6.22. The summed E-state index contributed by atoms with van der Waals surface area (Å²) >= 11 is 0. The molecule has 162 valence electrons. The van der Waals surface area contributed by atoms with Crippen LogP contribution in [0.25, 0.3) is 0 Å². The molecule has 0 amide bonds. The molecule has 0 aliphatic heterocycles. The predicted molar refractivity (Wildman–Crippen MR) is 126 cm³/mol. The van der Waals surface area contributed by atoms with E-state index in [1.54, 1.807) is 0 Å². The highest BCUT2D eigenvalue weighted by molar-refractivity contribution is 6.08. The van der Waals surface area contributed by atoms with Gasteiger partial charge in [0.2, 0.25) is 0 Å². The molecule has 0 saturated heterocycles. The maximum atomic E-state index is 11.8. The van der Waals surface area contributed by atoms with E-state index in [-0.39, 0.29) is 11.9 Å². The Hall–Kier alpha value is -3.04. The zero-order valence-electron chi connectivity index (χ0n) is 18.2. The van der Waals surface area contributed by atoms with Gasteiger partial charge < -0.3 is 9.90 Å². The Bertz CT molecular complexity index is 834. The van der Waals surface area contributed by atoms with Crippen molar-refractivity contribution in [2.45, 2.75) is 51.0 Å². The molecule has 0 aromatic heterocycles. The number of carbonyl (C=O) groups excluding carboxylic acids is 2. The van der Waals surface area contributed by atoms with Crippen LogP contribution < -0.4 is 0 Å². The fourth-order valence-electron chi connectivity index (χ4n) is 3.55. The van der Waals surface area contributed by atoms with Crippen LogP contribution in [0.1, 0.15) is 66.4 Å². The van der Waals surface area contributed by atoms with E-state index in [4.69, 9.17) is 0 Å². The van der Waals surface area contributed by atoms with Crippen LogP contribution in [-0.4, -0.2) is 23.3 Å². The van der Waals surface area contributed by atoms with Gasteiger partial charge in [0.05, 0.1) is 6.10 Å². The number of rotatable bonds is 4. The van der Waals surface area contributed by atoms with Crippen molar-refractivity contribution < 1.29 is 14.7 Å². The number of aliphatic hydroxyl groups is 1. The number of hydrogen-bond donors (Lipinski definition) is 1. The molecule has 2 atom stereocenters. The summed E-state index contributed by atoms with van der Waals surface area (Å²) in [4.78, 5) is 21.0. The molecular formula is C28H32O3. The molecule has 4 rings (SSSR count). The van der Waals surface area contributed by atoms with E-state index in [0.717, 1.165) is 30.3 Å². The summed E-state index contributed by atoms with van der Waals surface area (Å²) in [7, 11) is 0. The lowest BCUT2D eigenvalue weighted by Gasteiger charge is -2.27. The van der Waals surface area contributed by atoms with E-state index in [9.17, 15) is 14.7 Å². The summed E-state index contributed by atoms with van der Waals surface area (Å²) in [5, 5.41) is 9.82. The summed E-state index contributed by atoms with van der Waals surface area (Å²) in [5.41, 5.74) is 2.77. The molecule has 0 spiro atoms. The molecule has 0 radical (unpaired) electrons. The van der Waals surface area contributed by atoms with Crippen molar-refractivity contribution in [3.8, 4) is 0 Å². The molecular weight excluding hydrogens is 384 g/mol. The van der Waals surface area contributed by atoms with Gasteiger partial charge in [0, 0.05) is 23.5 Å². The highest BCUT2D eigenvalue weighted by atomic mass is 16.3. The zero-order chi connectivity index (χ0) is 22.3. The third-order valence-electron chi connectivity index (χ3n) is 5.20. The Labute approximate surface area is 185 Å². The first kappa shape index (κ1) is 24.2. The van der Waals surface area contributed by atoms with Crippen LogP contribution in [0.3, 0.4) is 0 Å². The largest absolute Gasteiger partial charge is 0.392 e. The molecule has 3 nitrogen and oxygen atoms in total. The normalized spacial score (nSPS) is 17.2. The number of aliphatic hydroxyl groups excluding tert-OH is 1. The Balaban J connectivity index is 0.000000189. The van der Waals surface area contributed by atoms with Gasteiger partial charge in [0.1, 0.15) is 6.29 Å². The smallest absolute Gasteiger partial charge is 0.193 e. The van der Waals surface area contributed by atoms with Gasteiger partial charge in [-0.05, 0) is 18.4 Å². The van der Waals surface area contributed by atoms with Crippen molar-refractivity contribution in [2.75, 3.05) is 0 Å². The Kier molecular flexibility index (Phi) is 11.0. The quantitative estimate of drug-likeness (QED) is 0.406. The Morgan fingerprint density at radius 3 is 1.65 bits per heavy atom. The van der Waals surface area contributed by atoms with E-state index in [0.29, 0.717) is 12.3 Å². The molecule has 0 bridgehead atoms. The average Bonchev–Trinajstić information content (AvgIpc) is 2.86. The van der Waals surface area contributed by atoms with E-state index < -0.39 is 0 Å². The lowest BCUT2D eigenvalue weighted by molar-refractivity contribution is -0.107. The molecule has 31 heavy (non-hydrogen) atoms. The van der Waals surface area contributed by atoms with Crippen molar-refractivity contribution in [1.29, 1.82) is 0 Å². The van der Waals surface area contributed by atoms with Crippen LogP contribution in [0, 0.1) is 0 Å². The fourth-order valence-corrected chi connectivity index (χ4v) is 3.55. The zero-order valence-corrected chi connectivity index (χ0v) is 18.2. The third kappa shape index (κ3) is 8.31. The summed E-state index contributed by atoms with van der Waals surface area (Å²) < 4.78 is 0.